The largest absolute Gasteiger partial charge is 0.303 e. The second kappa shape index (κ2) is 6.96. The molecular formula is C21H25F2N5. The molecule has 7 heteroatoms. The number of aromatic nitrogens is 2. The molecule has 5 nitrogen and oxygen atoms in total. The fourth-order valence-corrected chi connectivity index (χ4v) is 3.22. The number of fused-ring (bicyclic) bond motifs is 1. The molecule has 0 saturated carbocycles. The summed E-state index contributed by atoms with van der Waals surface area (Å²) in [5.41, 5.74) is 1.36. The third-order valence-corrected chi connectivity index (χ3v) is 4.29. The lowest BCUT2D eigenvalue weighted by molar-refractivity contribution is 0.342. The Morgan fingerprint density at radius 1 is 0.750 bits per heavy atom. The van der Waals surface area contributed by atoms with Crippen LogP contribution in [-0.2, 0) is 11.1 Å². The maximum atomic E-state index is 14.1. The maximum absolute atomic E-state index is 14.1. The van der Waals surface area contributed by atoms with E-state index >= 15 is 0 Å². The van der Waals surface area contributed by atoms with Gasteiger partial charge in [0.25, 0.3) is 0 Å². The van der Waals surface area contributed by atoms with Gasteiger partial charge in [0.05, 0.1) is 16.7 Å². The van der Waals surface area contributed by atoms with Crippen LogP contribution < -0.4 is 5.62 Å². The summed E-state index contributed by atoms with van der Waals surface area (Å²) >= 11 is 0. The van der Waals surface area contributed by atoms with Crippen molar-refractivity contribution in [2.45, 2.75) is 52.6 Å². The average molecular weight is 385 g/mol. The highest BCUT2D eigenvalue weighted by atomic mass is 19.2. The zero-order valence-electron chi connectivity index (χ0n) is 17.0. The first-order chi connectivity index (χ1) is 13.0. The van der Waals surface area contributed by atoms with Crippen molar-refractivity contribution in [1.82, 2.24) is 9.13 Å². The van der Waals surface area contributed by atoms with Gasteiger partial charge in [-0.15, -0.1) is 5.11 Å². The Bertz CT molecular complexity index is 1030. The third-order valence-electron chi connectivity index (χ3n) is 4.29. The van der Waals surface area contributed by atoms with Gasteiger partial charge in [-0.05, 0) is 58.9 Å². The summed E-state index contributed by atoms with van der Waals surface area (Å²) in [6.07, 6.45) is 0. The summed E-state index contributed by atoms with van der Waals surface area (Å²) in [6.45, 7) is 11.9. The molecule has 3 rings (SSSR count). The second-order valence-electron chi connectivity index (χ2n) is 8.69. The summed E-state index contributed by atoms with van der Waals surface area (Å²) in [7, 11) is 0. The predicted octanol–water partition coefficient (Wildman–Crippen LogP) is 5.83. The summed E-state index contributed by atoms with van der Waals surface area (Å²) in [5.74, 6) is -1.79. The first-order valence-electron chi connectivity index (χ1n) is 9.13. The molecule has 0 saturated heterocycles. The molecule has 148 valence electrons. The van der Waals surface area contributed by atoms with Crippen LogP contribution in [-0.4, -0.2) is 9.13 Å². The van der Waals surface area contributed by atoms with Crippen LogP contribution in [0.2, 0.25) is 0 Å². The van der Waals surface area contributed by atoms with Crippen LogP contribution in [0.5, 0.6) is 0 Å². The summed E-state index contributed by atoms with van der Waals surface area (Å²) in [4.78, 5) is 0. The standard InChI is InChI=1S/C21H25F2N5/c1-20(2,3)27-17-12-15(22)16(23)13-18(17)28(21(4,5)6)19(27)25-26-24-14-10-8-7-9-11-14/h7-13H,1-6H3. The zero-order valence-corrected chi connectivity index (χ0v) is 17.0. The zero-order chi connectivity index (χ0) is 20.7. The summed E-state index contributed by atoms with van der Waals surface area (Å²) < 4.78 is 31.8. The minimum absolute atomic E-state index is 0.444. The smallest absolute Gasteiger partial charge is 0.233 e. The van der Waals surface area contributed by atoms with Crippen molar-refractivity contribution in [2.75, 3.05) is 0 Å². The van der Waals surface area contributed by atoms with Gasteiger partial charge in [0.2, 0.25) is 5.62 Å². The third kappa shape index (κ3) is 3.74. The van der Waals surface area contributed by atoms with Crippen molar-refractivity contribution < 1.29 is 8.78 Å². The van der Waals surface area contributed by atoms with Crippen molar-refractivity contribution >= 4 is 16.7 Å². The van der Waals surface area contributed by atoms with E-state index in [0.29, 0.717) is 22.3 Å². The molecule has 0 unspecified atom stereocenters. The van der Waals surface area contributed by atoms with E-state index in [0.717, 1.165) is 0 Å². The van der Waals surface area contributed by atoms with Crippen LogP contribution >= 0.6 is 0 Å². The normalized spacial score (nSPS) is 12.9. The van der Waals surface area contributed by atoms with Crippen LogP contribution in [0.4, 0.5) is 14.5 Å². The van der Waals surface area contributed by atoms with Gasteiger partial charge in [0.15, 0.2) is 11.6 Å². The molecule has 28 heavy (non-hydrogen) atoms. The quantitative estimate of drug-likeness (QED) is 0.394. The lowest BCUT2D eigenvalue weighted by Crippen LogP contribution is -2.40. The van der Waals surface area contributed by atoms with Crippen molar-refractivity contribution in [2.24, 2.45) is 15.4 Å². The van der Waals surface area contributed by atoms with Crippen LogP contribution in [0.3, 0.4) is 0 Å². The Hall–Kier alpha value is -2.83. The van der Waals surface area contributed by atoms with Crippen LogP contribution in [0.15, 0.2) is 57.9 Å². The van der Waals surface area contributed by atoms with Gasteiger partial charge in [-0.1, -0.05) is 23.3 Å². The number of halogens is 2. The molecule has 0 bridgehead atoms. The Balaban J connectivity index is 2.39. The van der Waals surface area contributed by atoms with Gasteiger partial charge < -0.3 is 9.13 Å². The van der Waals surface area contributed by atoms with E-state index in [1.54, 1.807) is 0 Å². The number of rotatable bonds is 2. The Morgan fingerprint density at radius 3 is 1.64 bits per heavy atom. The lowest BCUT2D eigenvalue weighted by Gasteiger charge is -2.24. The van der Waals surface area contributed by atoms with Gasteiger partial charge in [0.1, 0.15) is 0 Å². The molecule has 3 aromatic rings. The Kier molecular flexibility index (Phi) is 4.95. The van der Waals surface area contributed by atoms with Crippen molar-refractivity contribution in [3.05, 3.63) is 59.7 Å². The van der Waals surface area contributed by atoms with E-state index in [1.165, 1.54) is 12.1 Å². The molecule has 0 N–H and O–H groups in total. The molecular weight excluding hydrogens is 360 g/mol. The highest BCUT2D eigenvalue weighted by Crippen LogP contribution is 2.27. The Labute approximate surface area is 163 Å². The predicted molar refractivity (Wildman–Crippen MR) is 106 cm³/mol. The summed E-state index contributed by atoms with van der Waals surface area (Å²) in [5, 5.41) is 12.5. The number of hydrogen-bond donors (Lipinski definition) is 0. The average Bonchev–Trinajstić information content (AvgIpc) is 2.89. The van der Waals surface area contributed by atoms with Crippen molar-refractivity contribution in [1.29, 1.82) is 0 Å². The fraction of sp³-hybridized carbons (Fsp3) is 0.381. The SMILES string of the molecule is CC(C)(C)n1c(=NN=Nc2ccccc2)n(C(C)(C)C)c2cc(F)c(F)cc21. The number of hydrogen-bond acceptors (Lipinski definition) is 2. The molecule has 1 heterocycles. The molecule has 0 radical (unpaired) electrons. The lowest BCUT2D eigenvalue weighted by atomic mass is 10.1. The van der Waals surface area contributed by atoms with E-state index in [1.807, 2.05) is 81.0 Å². The van der Waals surface area contributed by atoms with E-state index in [9.17, 15) is 8.78 Å². The van der Waals surface area contributed by atoms with E-state index in [4.69, 9.17) is 0 Å². The molecule has 2 aromatic carbocycles. The number of benzene rings is 2. The van der Waals surface area contributed by atoms with E-state index in [2.05, 4.69) is 15.4 Å². The number of imidazole rings is 1. The maximum Gasteiger partial charge on any atom is 0.233 e. The van der Waals surface area contributed by atoms with Gasteiger partial charge >= 0.3 is 0 Å². The molecule has 0 aliphatic rings. The van der Waals surface area contributed by atoms with Crippen molar-refractivity contribution in [3.8, 4) is 0 Å². The first-order valence-corrected chi connectivity index (χ1v) is 9.13. The topological polar surface area (TPSA) is 46.9 Å². The van der Waals surface area contributed by atoms with Crippen LogP contribution in [0.25, 0.3) is 11.0 Å². The summed E-state index contributed by atoms with van der Waals surface area (Å²) in [6, 6.07) is 11.7. The molecule has 0 spiro atoms. The second-order valence-corrected chi connectivity index (χ2v) is 8.69. The van der Waals surface area contributed by atoms with Gasteiger partial charge in [-0.25, -0.2) is 8.78 Å². The minimum atomic E-state index is -0.894. The molecule has 0 aliphatic heterocycles. The van der Waals surface area contributed by atoms with Crippen LogP contribution in [0, 0.1) is 11.6 Å². The van der Waals surface area contributed by atoms with Gasteiger partial charge in [-0.3, -0.25) is 0 Å². The number of nitrogens with zero attached hydrogens (tertiary/aromatic N) is 5. The van der Waals surface area contributed by atoms with E-state index < -0.39 is 22.7 Å². The molecule has 1 aromatic heterocycles. The molecule has 0 fully saturated rings. The monoisotopic (exact) mass is 385 g/mol. The first kappa shape index (κ1) is 19.9. The highest BCUT2D eigenvalue weighted by molar-refractivity contribution is 5.77. The van der Waals surface area contributed by atoms with Crippen molar-refractivity contribution in [3.63, 3.8) is 0 Å². The van der Waals surface area contributed by atoms with Gasteiger partial charge in [0, 0.05) is 23.2 Å². The fourth-order valence-electron chi connectivity index (χ4n) is 3.22. The van der Waals surface area contributed by atoms with Gasteiger partial charge in [-0.2, -0.15) is 0 Å². The van der Waals surface area contributed by atoms with E-state index in [-0.39, 0.29) is 0 Å². The minimum Gasteiger partial charge on any atom is -0.303 e. The molecule has 0 atom stereocenters. The molecule has 0 amide bonds. The Morgan fingerprint density at radius 2 is 1.21 bits per heavy atom. The molecule has 0 aliphatic carbocycles. The highest BCUT2D eigenvalue weighted by Gasteiger charge is 2.28. The van der Waals surface area contributed by atoms with Crippen LogP contribution in [0.1, 0.15) is 41.5 Å².